The number of piperazine rings is 1. The predicted molar refractivity (Wildman–Crippen MR) is 48.8 cm³/mol. The second-order valence-corrected chi connectivity index (χ2v) is 3.07. The smallest absolute Gasteiger partial charge is 0.220 e. The van der Waals surface area contributed by atoms with Crippen molar-refractivity contribution in [3.05, 3.63) is 12.2 Å². The van der Waals surface area contributed by atoms with Crippen LogP contribution < -0.4 is 5.32 Å². The SMILES string of the molecule is C=C(C#N)[C@H]1CNCCN1C(C)=O. The van der Waals surface area contributed by atoms with Crippen molar-refractivity contribution >= 4 is 5.91 Å². The number of nitriles is 1. The van der Waals surface area contributed by atoms with Gasteiger partial charge in [0.1, 0.15) is 0 Å². The van der Waals surface area contributed by atoms with E-state index in [0.717, 1.165) is 6.54 Å². The molecule has 0 spiro atoms. The summed E-state index contributed by atoms with van der Waals surface area (Å²) in [4.78, 5) is 12.9. The van der Waals surface area contributed by atoms with Crippen LogP contribution in [0.2, 0.25) is 0 Å². The van der Waals surface area contributed by atoms with Crippen LogP contribution in [0.5, 0.6) is 0 Å². The summed E-state index contributed by atoms with van der Waals surface area (Å²) in [6.45, 7) is 7.22. The highest BCUT2D eigenvalue weighted by Crippen LogP contribution is 2.10. The van der Waals surface area contributed by atoms with Gasteiger partial charge in [-0.1, -0.05) is 6.58 Å². The first-order chi connectivity index (χ1) is 6.16. The Morgan fingerprint density at radius 2 is 2.46 bits per heavy atom. The average molecular weight is 179 g/mol. The van der Waals surface area contributed by atoms with E-state index in [2.05, 4.69) is 11.9 Å². The zero-order chi connectivity index (χ0) is 9.84. The third kappa shape index (κ3) is 2.07. The van der Waals surface area contributed by atoms with Crippen LogP contribution in [0, 0.1) is 11.3 Å². The molecule has 1 atom stereocenters. The molecular weight excluding hydrogens is 166 g/mol. The molecule has 4 heteroatoms. The summed E-state index contributed by atoms with van der Waals surface area (Å²) in [6, 6.07) is 1.83. The van der Waals surface area contributed by atoms with E-state index in [1.807, 2.05) is 6.07 Å². The molecule has 1 fully saturated rings. The van der Waals surface area contributed by atoms with Gasteiger partial charge in [-0.15, -0.1) is 0 Å². The lowest BCUT2D eigenvalue weighted by atomic mass is 10.1. The molecular formula is C9H13N3O. The zero-order valence-electron chi connectivity index (χ0n) is 7.71. The zero-order valence-corrected chi connectivity index (χ0v) is 7.71. The maximum absolute atomic E-state index is 11.2. The molecule has 0 aromatic carbocycles. The van der Waals surface area contributed by atoms with Gasteiger partial charge in [0.25, 0.3) is 0 Å². The molecule has 0 aliphatic carbocycles. The minimum atomic E-state index is -0.156. The fraction of sp³-hybridized carbons (Fsp3) is 0.556. The lowest BCUT2D eigenvalue weighted by molar-refractivity contribution is -0.131. The highest BCUT2D eigenvalue weighted by Gasteiger charge is 2.26. The normalized spacial score (nSPS) is 22.2. The molecule has 0 aromatic rings. The van der Waals surface area contributed by atoms with Gasteiger partial charge in [-0.05, 0) is 0 Å². The Kier molecular flexibility index (Phi) is 3.04. The van der Waals surface area contributed by atoms with E-state index in [9.17, 15) is 4.79 Å². The summed E-state index contributed by atoms with van der Waals surface area (Å²) in [5.74, 6) is 0.00269. The van der Waals surface area contributed by atoms with Crippen LogP contribution >= 0.6 is 0 Å². The average Bonchev–Trinajstić information content (AvgIpc) is 2.16. The first-order valence-corrected chi connectivity index (χ1v) is 4.23. The number of hydrogen-bond donors (Lipinski definition) is 1. The molecule has 4 nitrogen and oxygen atoms in total. The van der Waals surface area contributed by atoms with E-state index in [0.29, 0.717) is 18.7 Å². The third-order valence-corrected chi connectivity index (χ3v) is 2.19. The Balaban J connectivity index is 2.74. The summed E-state index contributed by atoms with van der Waals surface area (Å²) in [6.07, 6.45) is 0. The first kappa shape index (κ1) is 9.75. The van der Waals surface area contributed by atoms with Crippen molar-refractivity contribution < 1.29 is 4.79 Å². The van der Waals surface area contributed by atoms with Gasteiger partial charge in [-0.25, -0.2) is 0 Å². The molecule has 1 amide bonds. The van der Waals surface area contributed by atoms with E-state index in [-0.39, 0.29) is 11.9 Å². The number of rotatable bonds is 1. The molecule has 1 aliphatic heterocycles. The van der Waals surface area contributed by atoms with Crippen molar-refractivity contribution in [2.45, 2.75) is 13.0 Å². The van der Waals surface area contributed by atoms with E-state index < -0.39 is 0 Å². The van der Waals surface area contributed by atoms with Gasteiger partial charge < -0.3 is 10.2 Å². The van der Waals surface area contributed by atoms with Gasteiger partial charge in [0.2, 0.25) is 5.91 Å². The largest absolute Gasteiger partial charge is 0.333 e. The number of nitrogens with one attached hydrogen (secondary N) is 1. The monoisotopic (exact) mass is 179 g/mol. The maximum Gasteiger partial charge on any atom is 0.220 e. The minimum Gasteiger partial charge on any atom is -0.333 e. The number of nitrogens with zero attached hydrogens (tertiary/aromatic N) is 2. The van der Waals surface area contributed by atoms with E-state index in [1.54, 1.807) is 4.90 Å². The maximum atomic E-state index is 11.2. The van der Waals surface area contributed by atoms with E-state index >= 15 is 0 Å². The molecule has 0 bridgehead atoms. The minimum absolute atomic E-state index is 0.00269. The fourth-order valence-electron chi connectivity index (χ4n) is 1.47. The Morgan fingerprint density at radius 1 is 1.77 bits per heavy atom. The summed E-state index contributed by atoms with van der Waals surface area (Å²) < 4.78 is 0. The molecule has 0 unspecified atom stereocenters. The van der Waals surface area contributed by atoms with E-state index in [4.69, 9.17) is 5.26 Å². The van der Waals surface area contributed by atoms with Crippen molar-refractivity contribution in [3.8, 4) is 6.07 Å². The highest BCUT2D eigenvalue weighted by atomic mass is 16.2. The number of carbonyl (C=O) groups excluding carboxylic acids is 1. The van der Waals surface area contributed by atoms with Crippen molar-refractivity contribution in [1.29, 1.82) is 5.26 Å². The molecule has 0 aromatic heterocycles. The van der Waals surface area contributed by atoms with Crippen molar-refractivity contribution in [1.82, 2.24) is 10.2 Å². The Labute approximate surface area is 77.8 Å². The standard InChI is InChI=1S/C9H13N3O/c1-7(5-10)9-6-11-3-4-12(9)8(2)13/h9,11H,1,3-4,6H2,2H3/t9-/m1/s1. The van der Waals surface area contributed by atoms with Crippen molar-refractivity contribution in [3.63, 3.8) is 0 Å². The van der Waals surface area contributed by atoms with Crippen molar-refractivity contribution in [2.75, 3.05) is 19.6 Å². The number of carbonyl (C=O) groups is 1. The quantitative estimate of drug-likeness (QED) is 0.571. The molecule has 1 heterocycles. The topological polar surface area (TPSA) is 56.1 Å². The van der Waals surface area contributed by atoms with Crippen LogP contribution in [0.1, 0.15) is 6.92 Å². The van der Waals surface area contributed by atoms with Crippen LogP contribution in [0.25, 0.3) is 0 Å². The molecule has 1 aliphatic rings. The van der Waals surface area contributed by atoms with Gasteiger partial charge in [0.05, 0.1) is 12.1 Å². The summed E-state index contributed by atoms with van der Waals surface area (Å²) in [5, 5.41) is 11.8. The first-order valence-electron chi connectivity index (χ1n) is 4.23. The number of amides is 1. The molecule has 0 saturated carbocycles. The highest BCUT2D eigenvalue weighted by molar-refractivity contribution is 5.74. The summed E-state index contributed by atoms with van der Waals surface area (Å²) in [5.41, 5.74) is 0.447. The van der Waals surface area contributed by atoms with Gasteiger partial charge in [0.15, 0.2) is 0 Å². The summed E-state index contributed by atoms with van der Waals surface area (Å²) >= 11 is 0. The second-order valence-electron chi connectivity index (χ2n) is 3.07. The lowest BCUT2D eigenvalue weighted by Gasteiger charge is -2.34. The van der Waals surface area contributed by atoms with Crippen LogP contribution in [-0.2, 0) is 4.79 Å². The van der Waals surface area contributed by atoms with Crippen LogP contribution in [0.3, 0.4) is 0 Å². The van der Waals surface area contributed by atoms with Crippen LogP contribution in [0.4, 0.5) is 0 Å². The van der Waals surface area contributed by atoms with Crippen LogP contribution in [0.15, 0.2) is 12.2 Å². The molecule has 1 rings (SSSR count). The van der Waals surface area contributed by atoms with Gasteiger partial charge in [-0.3, -0.25) is 4.79 Å². The van der Waals surface area contributed by atoms with Gasteiger partial charge in [-0.2, -0.15) is 5.26 Å². The van der Waals surface area contributed by atoms with Gasteiger partial charge >= 0.3 is 0 Å². The molecule has 70 valence electrons. The van der Waals surface area contributed by atoms with E-state index in [1.165, 1.54) is 6.92 Å². The number of hydrogen-bond acceptors (Lipinski definition) is 3. The lowest BCUT2D eigenvalue weighted by Crippen LogP contribution is -2.53. The Bertz CT molecular complexity index is 267. The van der Waals surface area contributed by atoms with Gasteiger partial charge in [0, 0.05) is 32.1 Å². The molecule has 1 saturated heterocycles. The van der Waals surface area contributed by atoms with Crippen molar-refractivity contribution in [2.24, 2.45) is 0 Å². The second kappa shape index (κ2) is 4.06. The predicted octanol–water partition coefficient (Wildman–Crippen LogP) is -0.114. The fourth-order valence-corrected chi connectivity index (χ4v) is 1.47. The molecule has 13 heavy (non-hydrogen) atoms. The molecule has 0 radical (unpaired) electrons. The van der Waals surface area contributed by atoms with Crippen LogP contribution in [-0.4, -0.2) is 36.5 Å². The summed E-state index contributed by atoms with van der Waals surface area (Å²) in [7, 11) is 0. The third-order valence-electron chi connectivity index (χ3n) is 2.19. The molecule has 1 N–H and O–H groups in total. The Morgan fingerprint density at radius 3 is 3.00 bits per heavy atom. The Hall–Kier alpha value is -1.34.